The third-order valence-electron chi connectivity index (χ3n) is 1.44. The van der Waals surface area contributed by atoms with Crippen LogP contribution in [0.5, 0.6) is 0 Å². The number of hydrogen-bond donors (Lipinski definition) is 1. The maximum atomic E-state index is 13.1. The van der Waals surface area contributed by atoms with E-state index in [1.54, 1.807) is 24.3 Å². The molecule has 12 heavy (non-hydrogen) atoms. The van der Waals surface area contributed by atoms with Crippen LogP contribution in [0.4, 0.5) is 10.1 Å². The molecule has 64 valence electrons. The van der Waals surface area contributed by atoms with Crippen LogP contribution in [-0.2, 0) is 0 Å². The monoisotopic (exact) mass is 229 g/mol. The van der Waals surface area contributed by atoms with Gasteiger partial charge >= 0.3 is 0 Å². The maximum absolute atomic E-state index is 13.1. The van der Waals surface area contributed by atoms with Crippen LogP contribution in [0.15, 0.2) is 24.3 Å². The lowest BCUT2D eigenvalue weighted by atomic mass is 10.2. The minimum absolute atomic E-state index is 0.187. The largest absolute Gasteiger partial charge is 0.396 e. The second-order valence-corrected chi connectivity index (χ2v) is 2.95. The molecule has 0 saturated carbocycles. The Morgan fingerprint density at radius 1 is 1.50 bits per heavy atom. The predicted molar refractivity (Wildman–Crippen MR) is 53.6 cm³/mol. The summed E-state index contributed by atoms with van der Waals surface area (Å²) in [7, 11) is 0. The van der Waals surface area contributed by atoms with Gasteiger partial charge in [-0.25, -0.2) is 4.39 Å². The van der Waals surface area contributed by atoms with Crippen LogP contribution in [0.3, 0.4) is 0 Å². The van der Waals surface area contributed by atoms with Crippen LogP contribution in [0.1, 0.15) is 5.56 Å². The van der Waals surface area contributed by atoms with Gasteiger partial charge in [0.05, 0.1) is 5.69 Å². The summed E-state index contributed by atoms with van der Waals surface area (Å²) >= 11 is 3.21. The van der Waals surface area contributed by atoms with Crippen molar-refractivity contribution in [2.75, 3.05) is 11.1 Å². The van der Waals surface area contributed by atoms with Gasteiger partial charge in [0.2, 0.25) is 0 Å². The van der Waals surface area contributed by atoms with Crippen molar-refractivity contribution in [3.05, 3.63) is 35.7 Å². The first-order valence-electron chi connectivity index (χ1n) is 3.52. The number of anilines is 1. The van der Waals surface area contributed by atoms with Gasteiger partial charge in [0.1, 0.15) is 0 Å². The van der Waals surface area contributed by atoms with Crippen molar-refractivity contribution >= 4 is 27.7 Å². The molecule has 0 heterocycles. The van der Waals surface area contributed by atoms with Crippen LogP contribution >= 0.6 is 15.9 Å². The van der Waals surface area contributed by atoms with E-state index < -0.39 is 0 Å². The van der Waals surface area contributed by atoms with E-state index in [4.69, 9.17) is 5.73 Å². The van der Waals surface area contributed by atoms with Crippen molar-refractivity contribution in [2.45, 2.75) is 0 Å². The predicted octanol–water partition coefficient (Wildman–Crippen LogP) is 2.82. The zero-order valence-corrected chi connectivity index (χ0v) is 8.01. The van der Waals surface area contributed by atoms with Gasteiger partial charge in [-0.1, -0.05) is 40.2 Å². The first-order chi connectivity index (χ1) is 5.75. The summed E-state index contributed by atoms with van der Waals surface area (Å²) < 4.78 is 13.1. The Morgan fingerprint density at radius 3 is 2.92 bits per heavy atom. The fourth-order valence-corrected chi connectivity index (χ4v) is 1.06. The second kappa shape index (κ2) is 4.26. The van der Waals surface area contributed by atoms with Crippen LogP contribution in [0.25, 0.3) is 6.08 Å². The fourth-order valence-electron chi connectivity index (χ4n) is 0.869. The molecular weight excluding hydrogens is 221 g/mol. The van der Waals surface area contributed by atoms with Crippen LogP contribution < -0.4 is 5.73 Å². The summed E-state index contributed by atoms with van der Waals surface area (Å²) in [5.74, 6) is -0.352. The highest BCUT2D eigenvalue weighted by Gasteiger charge is 2.00. The molecule has 0 bridgehead atoms. The number of allylic oxidation sites excluding steroid dienone is 1. The lowest BCUT2D eigenvalue weighted by Gasteiger charge is -1.98. The molecule has 1 nitrogen and oxygen atoms in total. The van der Waals surface area contributed by atoms with E-state index in [1.165, 1.54) is 0 Å². The van der Waals surface area contributed by atoms with E-state index in [0.29, 0.717) is 10.9 Å². The number of nitrogen functional groups attached to an aromatic ring is 1. The fraction of sp³-hybridized carbons (Fsp3) is 0.111. The van der Waals surface area contributed by atoms with Gasteiger partial charge in [-0.05, 0) is 6.07 Å². The Balaban J connectivity index is 3.00. The van der Waals surface area contributed by atoms with E-state index in [-0.39, 0.29) is 11.5 Å². The van der Waals surface area contributed by atoms with Gasteiger partial charge in [0.15, 0.2) is 5.82 Å². The molecule has 1 aromatic carbocycles. The van der Waals surface area contributed by atoms with Crippen molar-refractivity contribution in [3.63, 3.8) is 0 Å². The zero-order valence-electron chi connectivity index (χ0n) is 6.43. The summed E-state index contributed by atoms with van der Waals surface area (Å²) in [6.07, 6.45) is 3.51. The van der Waals surface area contributed by atoms with Crippen molar-refractivity contribution < 1.29 is 4.39 Å². The average Bonchev–Trinajstić information content (AvgIpc) is 2.08. The molecular formula is C9H9BrFN. The number of hydrogen-bond acceptors (Lipinski definition) is 1. The second-order valence-electron chi connectivity index (χ2n) is 2.31. The van der Waals surface area contributed by atoms with Gasteiger partial charge in [0.25, 0.3) is 0 Å². The number of halogens is 2. The highest BCUT2D eigenvalue weighted by Crippen LogP contribution is 2.15. The smallest absolute Gasteiger partial charge is 0.153 e. The molecule has 0 aliphatic rings. The van der Waals surface area contributed by atoms with Crippen molar-refractivity contribution in [3.8, 4) is 0 Å². The number of alkyl halides is 1. The third kappa shape index (κ3) is 2.08. The molecule has 1 aromatic rings. The number of rotatable bonds is 2. The van der Waals surface area contributed by atoms with Crippen molar-refractivity contribution in [1.29, 1.82) is 0 Å². The Bertz CT molecular complexity index is 297. The molecule has 2 N–H and O–H groups in total. The molecule has 0 amide bonds. The first-order valence-corrected chi connectivity index (χ1v) is 4.64. The van der Waals surface area contributed by atoms with Crippen LogP contribution in [0.2, 0.25) is 0 Å². The van der Waals surface area contributed by atoms with Crippen LogP contribution in [-0.4, -0.2) is 5.33 Å². The van der Waals surface area contributed by atoms with E-state index in [1.807, 2.05) is 6.08 Å². The molecule has 1 rings (SSSR count). The zero-order chi connectivity index (χ0) is 8.97. The molecule has 3 heteroatoms. The van der Waals surface area contributed by atoms with Crippen molar-refractivity contribution in [1.82, 2.24) is 0 Å². The standard InChI is InChI=1S/C9H9BrFN/c10-6-2-4-7-3-1-5-8(12)9(7)11/h1-5H,6,12H2. The van der Waals surface area contributed by atoms with Gasteiger partial charge in [0, 0.05) is 10.9 Å². The van der Waals surface area contributed by atoms with Gasteiger partial charge in [-0.3, -0.25) is 0 Å². The quantitative estimate of drug-likeness (QED) is 0.613. The molecule has 0 unspecified atom stereocenters. The Morgan fingerprint density at radius 2 is 2.25 bits per heavy atom. The summed E-state index contributed by atoms with van der Waals surface area (Å²) in [6.45, 7) is 0. The normalized spacial score (nSPS) is 10.8. The third-order valence-corrected chi connectivity index (χ3v) is 1.82. The lowest BCUT2D eigenvalue weighted by Crippen LogP contribution is -1.92. The highest BCUT2D eigenvalue weighted by atomic mass is 79.9. The molecule has 0 aromatic heterocycles. The van der Waals surface area contributed by atoms with Crippen LogP contribution in [0, 0.1) is 5.82 Å². The average molecular weight is 230 g/mol. The van der Waals surface area contributed by atoms with Gasteiger partial charge < -0.3 is 5.73 Å². The van der Waals surface area contributed by atoms with E-state index in [2.05, 4.69) is 15.9 Å². The molecule has 0 spiro atoms. The lowest BCUT2D eigenvalue weighted by molar-refractivity contribution is 0.630. The minimum Gasteiger partial charge on any atom is -0.396 e. The molecule has 0 radical (unpaired) electrons. The Labute approximate surface area is 79.2 Å². The highest BCUT2D eigenvalue weighted by molar-refractivity contribution is 9.09. The Hall–Kier alpha value is -0.830. The van der Waals surface area contributed by atoms with Gasteiger partial charge in [-0.2, -0.15) is 0 Å². The molecule has 0 fully saturated rings. The van der Waals surface area contributed by atoms with E-state index in [0.717, 1.165) is 0 Å². The van der Waals surface area contributed by atoms with Gasteiger partial charge in [-0.15, -0.1) is 0 Å². The Kier molecular flexibility index (Phi) is 3.29. The molecule has 0 aliphatic heterocycles. The first kappa shape index (κ1) is 9.26. The maximum Gasteiger partial charge on any atom is 0.153 e. The van der Waals surface area contributed by atoms with Crippen molar-refractivity contribution in [2.24, 2.45) is 0 Å². The number of benzene rings is 1. The molecule has 0 aliphatic carbocycles. The number of nitrogens with two attached hydrogens (primary N) is 1. The minimum atomic E-state index is -0.352. The summed E-state index contributed by atoms with van der Waals surface area (Å²) in [5.41, 5.74) is 6.08. The summed E-state index contributed by atoms with van der Waals surface area (Å²) in [6, 6.07) is 4.96. The van der Waals surface area contributed by atoms with E-state index in [9.17, 15) is 4.39 Å². The SMILES string of the molecule is Nc1cccc(C=CCBr)c1F. The molecule has 0 atom stereocenters. The summed E-state index contributed by atoms with van der Waals surface area (Å²) in [4.78, 5) is 0. The topological polar surface area (TPSA) is 26.0 Å². The molecule has 0 saturated heterocycles. The van der Waals surface area contributed by atoms with E-state index >= 15 is 0 Å². The summed E-state index contributed by atoms with van der Waals surface area (Å²) in [5, 5.41) is 0.710.